The Kier molecular flexibility index (Phi) is 4.59. The SMILES string of the molecule is CCC(C)(C)CC(C)(C)CC(=O)NO. The predicted molar refractivity (Wildman–Crippen MR) is 57.0 cm³/mol. The van der Waals surface area contributed by atoms with E-state index in [1.807, 2.05) is 0 Å². The van der Waals surface area contributed by atoms with E-state index in [9.17, 15) is 4.79 Å². The fraction of sp³-hybridized carbons (Fsp3) is 0.909. The van der Waals surface area contributed by atoms with Crippen molar-refractivity contribution in [3.8, 4) is 0 Å². The van der Waals surface area contributed by atoms with Crippen LogP contribution >= 0.6 is 0 Å². The highest BCUT2D eigenvalue weighted by Gasteiger charge is 2.29. The van der Waals surface area contributed by atoms with Crippen molar-refractivity contribution in [2.45, 2.75) is 53.9 Å². The van der Waals surface area contributed by atoms with Gasteiger partial charge in [0.2, 0.25) is 5.91 Å². The van der Waals surface area contributed by atoms with Gasteiger partial charge in [0.05, 0.1) is 0 Å². The molecule has 0 aliphatic rings. The molecule has 3 heteroatoms. The number of hydrogen-bond donors (Lipinski definition) is 2. The Morgan fingerprint density at radius 2 is 1.71 bits per heavy atom. The first kappa shape index (κ1) is 13.4. The van der Waals surface area contributed by atoms with Gasteiger partial charge in [-0.25, -0.2) is 5.48 Å². The first-order chi connectivity index (χ1) is 6.22. The average Bonchev–Trinajstić information content (AvgIpc) is 2.01. The molecule has 0 fully saturated rings. The number of nitrogens with one attached hydrogen (secondary N) is 1. The van der Waals surface area contributed by atoms with Crippen LogP contribution in [-0.2, 0) is 4.79 Å². The van der Waals surface area contributed by atoms with Crippen molar-refractivity contribution in [2.75, 3.05) is 0 Å². The minimum Gasteiger partial charge on any atom is -0.289 e. The highest BCUT2D eigenvalue weighted by Crippen LogP contribution is 2.37. The molecule has 0 unspecified atom stereocenters. The summed E-state index contributed by atoms with van der Waals surface area (Å²) in [6.07, 6.45) is 2.44. The fourth-order valence-electron chi connectivity index (χ4n) is 1.96. The van der Waals surface area contributed by atoms with Gasteiger partial charge in [-0.3, -0.25) is 10.0 Å². The average molecular weight is 201 g/mol. The summed E-state index contributed by atoms with van der Waals surface area (Å²) in [7, 11) is 0. The number of amides is 1. The molecule has 0 rings (SSSR count). The summed E-state index contributed by atoms with van der Waals surface area (Å²) in [4.78, 5) is 11.0. The van der Waals surface area contributed by atoms with Crippen molar-refractivity contribution in [3.05, 3.63) is 0 Å². The lowest BCUT2D eigenvalue weighted by molar-refractivity contribution is -0.131. The van der Waals surface area contributed by atoms with Crippen molar-refractivity contribution in [1.29, 1.82) is 0 Å². The normalized spacial score (nSPS) is 12.7. The van der Waals surface area contributed by atoms with Crippen LogP contribution in [0.3, 0.4) is 0 Å². The van der Waals surface area contributed by atoms with Gasteiger partial charge in [0, 0.05) is 6.42 Å². The van der Waals surface area contributed by atoms with Crippen molar-refractivity contribution in [1.82, 2.24) is 5.48 Å². The highest BCUT2D eigenvalue weighted by molar-refractivity contribution is 5.75. The molecule has 84 valence electrons. The molecule has 0 heterocycles. The largest absolute Gasteiger partial charge is 0.289 e. The minimum absolute atomic E-state index is 0.0632. The van der Waals surface area contributed by atoms with E-state index in [2.05, 4.69) is 34.6 Å². The quantitative estimate of drug-likeness (QED) is 0.531. The summed E-state index contributed by atoms with van der Waals surface area (Å²) in [6, 6.07) is 0. The molecular formula is C11H23NO2. The molecule has 0 spiro atoms. The predicted octanol–water partition coefficient (Wildman–Crippen LogP) is 2.73. The van der Waals surface area contributed by atoms with Gasteiger partial charge in [0.15, 0.2) is 0 Å². The van der Waals surface area contributed by atoms with E-state index in [0.29, 0.717) is 6.42 Å². The molecule has 0 saturated carbocycles. The number of rotatable bonds is 5. The zero-order chi connectivity index (χ0) is 11.4. The van der Waals surface area contributed by atoms with Crippen molar-refractivity contribution < 1.29 is 10.0 Å². The van der Waals surface area contributed by atoms with Crippen LogP contribution in [0.5, 0.6) is 0 Å². The third kappa shape index (κ3) is 5.22. The minimum atomic E-state index is -0.304. The van der Waals surface area contributed by atoms with Crippen LogP contribution in [0.25, 0.3) is 0 Å². The van der Waals surface area contributed by atoms with Crippen LogP contribution in [0.15, 0.2) is 0 Å². The number of hydrogen-bond acceptors (Lipinski definition) is 2. The summed E-state index contributed by atoms with van der Waals surface area (Å²) >= 11 is 0. The fourth-order valence-corrected chi connectivity index (χ4v) is 1.96. The maximum Gasteiger partial charge on any atom is 0.243 e. The maximum absolute atomic E-state index is 11.0. The van der Waals surface area contributed by atoms with E-state index in [1.54, 1.807) is 5.48 Å². The van der Waals surface area contributed by atoms with Crippen molar-refractivity contribution in [2.24, 2.45) is 10.8 Å². The highest BCUT2D eigenvalue weighted by atomic mass is 16.5. The molecule has 0 aliphatic carbocycles. The van der Waals surface area contributed by atoms with Gasteiger partial charge in [0.25, 0.3) is 0 Å². The Labute approximate surface area is 86.8 Å². The Morgan fingerprint density at radius 1 is 1.21 bits per heavy atom. The molecule has 0 saturated heterocycles. The Balaban J connectivity index is 4.26. The molecular weight excluding hydrogens is 178 g/mol. The van der Waals surface area contributed by atoms with Gasteiger partial charge in [-0.2, -0.15) is 0 Å². The second-order valence-corrected chi connectivity index (χ2v) is 5.57. The molecule has 2 N–H and O–H groups in total. The second kappa shape index (κ2) is 4.78. The standard InChI is InChI=1S/C11H23NO2/c1-6-10(2,3)8-11(4,5)7-9(13)12-14/h14H,6-8H2,1-5H3,(H,12,13). The second-order valence-electron chi connectivity index (χ2n) is 5.57. The molecule has 1 amide bonds. The molecule has 0 aromatic heterocycles. The summed E-state index contributed by atoms with van der Waals surface area (Å²) in [6.45, 7) is 10.7. The third-order valence-corrected chi connectivity index (χ3v) is 2.68. The smallest absolute Gasteiger partial charge is 0.243 e. The van der Waals surface area contributed by atoms with Crippen molar-refractivity contribution in [3.63, 3.8) is 0 Å². The molecule has 0 bridgehead atoms. The first-order valence-corrected chi connectivity index (χ1v) is 5.15. The van der Waals surface area contributed by atoms with Gasteiger partial charge in [-0.1, -0.05) is 41.0 Å². The lowest BCUT2D eigenvalue weighted by Gasteiger charge is -2.33. The van der Waals surface area contributed by atoms with E-state index in [4.69, 9.17) is 5.21 Å². The van der Waals surface area contributed by atoms with E-state index in [-0.39, 0.29) is 16.7 Å². The van der Waals surface area contributed by atoms with E-state index < -0.39 is 0 Å². The Bertz CT molecular complexity index is 197. The molecule has 3 nitrogen and oxygen atoms in total. The van der Waals surface area contributed by atoms with E-state index in [0.717, 1.165) is 12.8 Å². The topological polar surface area (TPSA) is 49.3 Å². The van der Waals surface area contributed by atoms with E-state index >= 15 is 0 Å². The van der Waals surface area contributed by atoms with Gasteiger partial charge < -0.3 is 0 Å². The van der Waals surface area contributed by atoms with Crippen LogP contribution in [0.1, 0.15) is 53.9 Å². The molecule has 14 heavy (non-hydrogen) atoms. The molecule has 0 aliphatic heterocycles. The van der Waals surface area contributed by atoms with Crippen LogP contribution in [-0.4, -0.2) is 11.1 Å². The Hall–Kier alpha value is -0.570. The zero-order valence-electron chi connectivity index (χ0n) is 9.98. The molecule has 0 atom stereocenters. The number of hydroxylamine groups is 1. The number of carbonyl (C=O) groups is 1. The van der Waals surface area contributed by atoms with Gasteiger partial charge in [-0.15, -0.1) is 0 Å². The summed E-state index contributed by atoms with van der Waals surface area (Å²) in [5, 5.41) is 8.45. The lowest BCUT2D eigenvalue weighted by Crippen LogP contribution is -2.30. The van der Waals surface area contributed by atoms with E-state index in [1.165, 1.54) is 0 Å². The van der Waals surface area contributed by atoms with Crippen LogP contribution < -0.4 is 5.48 Å². The van der Waals surface area contributed by atoms with Gasteiger partial charge in [-0.05, 0) is 17.3 Å². The zero-order valence-corrected chi connectivity index (χ0v) is 9.98. The first-order valence-electron chi connectivity index (χ1n) is 5.15. The van der Waals surface area contributed by atoms with Crippen LogP contribution in [0, 0.1) is 10.8 Å². The third-order valence-electron chi connectivity index (χ3n) is 2.68. The maximum atomic E-state index is 11.0. The summed E-state index contributed by atoms with van der Waals surface area (Å²) < 4.78 is 0. The van der Waals surface area contributed by atoms with Crippen molar-refractivity contribution >= 4 is 5.91 Å². The molecule has 0 aromatic rings. The summed E-state index contributed by atoms with van der Waals surface area (Å²) in [5.74, 6) is -0.304. The number of carbonyl (C=O) groups excluding carboxylic acids is 1. The van der Waals surface area contributed by atoms with Gasteiger partial charge in [0.1, 0.15) is 0 Å². The lowest BCUT2D eigenvalue weighted by atomic mass is 9.72. The molecule has 0 radical (unpaired) electrons. The molecule has 0 aromatic carbocycles. The van der Waals surface area contributed by atoms with Crippen LogP contribution in [0.4, 0.5) is 0 Å². The van der Waals surface area contributed by atoms with Gasteiger partial charge >= 0.3 is 0 Å². The monoisotopic (exact) mass is 201 g/mol. The summed E-state index contributed by atoms with van der Waals surface area (Å²) in [5.41, 5.74) is 1.87. The van der Waals surface area contributed by atoms with Crippen LogP contribution in [0.2, 0.25) is 0 Å². The Morgan fingerprint density at radius 3 is 2.07 bits per heavy atom.